The lowest BCUT2D eigenvalue weighted by atomic mass is 10.1. The summed E-state index contributed by atoms with van der Waals surface area (Å²) < 4.78 is 7.33. The fraction of sp³-hybridized carbons (Fsp3) is 0. The largest absolute Gasteiger partial charge is 0.309 e. The second-order valence-electron chi connectivity index (χ2n) is 15.0. The molecule has 0 amide bonds. The molecule has 0 fully saturated rings. The van der Waals surface area contributed by atoms with Crippen LogP contribution >= 0.6 is 0 Å². The fourth-order valence-electron chi connectivity index (χ4n) is 9.25. The Hall–Kier alpha value is -7.62. The van der Waals surface area contributed by atoms with Gasteiger partial charge in [0.15, 0.2) is 0 Å². The average molecular weight is 726 g/mol. The Morgan fingerprint density at radius 2 is 0.596 bits per heavy atom. The molecule has 0 radical (unpaired) electrons. The second-order valence-corrected chi connectivity index (χ2v) is 15.0. The first-order valence-corrected chi connectivity index (χ1v) is 19.6. The van der Waals surface area contributed by atoms with Gasteiger partial charge in [-0.15, -0.1) is 0 Å². The van der Waals surface area contributed by atoms with Crippen molar-refractivity contribution in [3.05, 3.63) is 212 Å². The van der Waals surface area contributed by atoms with Gasteiger partial charge in [0.05, 0.1) is 33.1 Å². The quantitative estimate of drug-likeness (QED) is 0.168. The number of benzene rings is 9. The molecule has 12 aromatic rings. The van der Waals surface area contributed by atoms with Crippen molar-refractivity contribution >= 4 is 65.4 Å². The first-order valence-electron chi connectivity index (χ1n) is 19.6. The van der Waals surface area contributed by atoms with E-state index in [1.165, 1.54) is 87.7 Å². The van der Waals surface area contributed by atoms with E-state index in [0.29, 0.717) is 0 Å². The lowest BCUT2D eigenvalue weighted by molar-refractivity contribution is 1.15. The number of hydrogen-bond donors (Lipinski definition) is 0. The van der Waals surface area contributed by atoms with Gasteiger partial charge in [-0.25, -0.2) is 0 Å². The Balaban J connectivity index is 1.11. The minimum absolute atomic E-state index is 1.13. The summed E-state index contributed by atoms with van der Waals surface area (Å²) in [5.74, 6) is 0. The molecule has 3 nitrogen and oxygen atoms in total. The van der Waals surface area contributed by atoms with Crippen LogP contribution in [0, 0.1) is 0 Å². The van der Waals surface area contributed by atoms with Gasteiger partial charge >= 0.3 is 0 Å². The van der Waals surface area contributed by atoms with Gasteiger partial charge in [0.2, 0.25) is 0 Å². The van der Waals surface area contributed by atoms with Crippen molar-refractivity contribution in [3.63, 3.8) is 0 Å². The molecule has 0 bridgehead atoms. The van der Waals surface area contributed by atoms with Gasteiger partial charge in [-0.1, -0.05) is 146 Å². The molecule has 0 saturated heterocycles. The minimum atomic E-state index is 1.13. The van der Waals surface area contributed by atoms with Crippen molar-refractivity contribution < 1.29 is 0 Å². The third-order valence-electron chi connectivity index (χ3n) is 11.8. The zero-order chi connectivity index (χ0) is 37.5. The molecule has 12 rings (SSSR count). The molecule has 0 N–H and O–H groups in total. The third-order valence-corrected chi connectivity index (χ3v) is 11.8. The summed E-state index contributed by atoms with van der Waals surface area (Å²) in [7, 11) is 0. The van der Waals surface area contributed by atoms with Crippen LogP contribution in [-0.4, -0.2) is 13.7 Å². The third kappa shape index (κ3) is 4.86. The summed E-state index contributed by atoms with van der Waals surface area (Å²) in [5.41, 5.74) is 15.4. The lowest BCUT2D eigenvalue weighted by Crippen LogP contribution is -1.98. The van der Waals surface area contributed by atoms with E-state index in [9.17, 15) is 0 Å². The SMILES string of the molecule is c1ccc(-c2ccc(-n3c4ccccc4c4cc5c6ccccc6n(-c6ccc7c8ccccc8n(-c8cccc(-c9ccccc9)c8)c7c6)c5cc43)cc2)cc1. The van der Waals surface area contributed by atoms with E-state index in [1.54, 1.807) is 0 Å². The molecule has 0 unspecified atom stereocenters. The van der Waals surface area contributed by atoms with Crippen LogP contribution in [0.2, 0.25) is 0 Å². The van der Waals surface area contributed by atoms with Crippen LogP contribution in [0.4, 0.5) is 0 Å². The van der Waals surface area contributed by atoms with E-state index in [-0.39, 0.29) is 0 Å². The number of aromatic nitrogens is 3. The monoisotopic (exact) mass is 725 g/mol. The van der Waals surface area contributed by atoms with E-state index in [1.807, 2.05) is 0 Å². The van der Waals surface area contributed by atoms with Gasteiger partial charge in [0, 0.05) is 49.4 Å². The van der Waals surface area contributed by atoms with Crippen molar-refractivity contribution in [2.24, 2.45) is 0 Å². The van der Waals surface area contributed by atoms with E-state index < -0.39 is 0 Å². The molecule has 57 heavy (non-hydrogen) atoms. The summed E-state index contributed by atoms with van der Waals surface area (Å²) >= 11 is 0. The highest BCUT2D eigenvalue weighted by atomic mass is 15.0. The molecule has 0 aliphatic heterocycles. The molecular weight excluding hydrogens is 691 g/mol. The molecule has 0 atom stereocenters. The Labute approximate surface area is 329 Å². The van der Waals surface area contributed by atoms with Crippen LogP contribution in [0.25, 0.3) is 105 Å². The van der Waals surface area contributed by atoms with Crippen LogP contribution in [0.15, 0.2) is 212 Å². The molecule has 0 saturated carbocycles. The minimum Gasteiger partial charge on any atom is -0.309 e. The number of para-hydroxylation sites is 3. The summed E-state index contributed by atoms with van der Waals surface area (Å²) in [5, 5.41) is 7.48. The van der Waals surface area contributed by atoms with Crippen LogP contribution in [0.5, 0.6) is 0 Å². The summed E-state index contributed by atoms with van der Waals surface area (Å²) in [6.45, 7) is 0. The van der Waals surface area contributed by atoms with Crippen molar-refractivity contribution in [1.29, 1.82) is 0 Å². The molecule has 3 aromatic heterocycles. The second kappa shape index (κ2) is 12.5. The predicted octanol–water partition coefficient (Wildman–Crippen LogP) is 14.3. The van der Waals surface area contributed by atoms with Crippen molar-refractivity contribution in [1.82, 2.24) is 13.7 Å². The van der Waals surface area contributed by atoms with E-state index in [4.69, 9.17) is 0 Å². The van der Waals surface area contributed by atoms with Gasteiger partial charge in [0.1, 0.15) is 0 Å². The topological polar surface area (TPSA) is 14.8 Å². The highest BCUT2D eigenvalue weighted by Gasteiger charge is 2.20. The van der Waals surface area contributed by atoms with E-state index >= 15 is 0 Å². The molecule has 0 aliphatic rings. The van der Waals surface area contributed by atoms with Gasteiger partial charge in [-0.05, 0) is 89.0 Å². The maximum Gasteiger partial charge on any atom is 0.0562 e. The lowest BCUT2D eigenvalue weighted by Gasteiger charge is -2.13. The summed E-state index contributed by atoms with van der Waals surface area (Å²) in [6.07, 6.45) is 0. The summed E-state index contributed by atoms with van der Waals surface area (Å²) in [6, 6.07) is 77.5. The Morgan fingerprint density at radius 1 is 0.193 bits per heavy atom. The predicted molar refractivity (Wildman–Crippen MR) is 240 cm³/mol. The molecular formula is C54H35N3. The Morgan fingerprint density at radius 3 is 1.19 bits per heavy atom. The molecule has 0 aliphatic carbocycles. The van der Waals surface area contributed by atoms with Crippen LogP contribution in [0.3, 0.4) is 0 Å². The number of nitrogens with zero attached hydrogens (tertiary/aromatic N) is 3. The Bertz CT molecular complexity index is 3490. The molecule has 3 heteroatoms. The highest BCUT2D eigenvalue weighted by molar-refractivity contribution is 6.19. The number of rotatable bonds is 5. The maximum atomic E-state index is 2.46. The highest BCUT2D eigenvalue weighted by Crippen LogP contribution is 2.41. The van der Waals surface area contributed by atoms with Crippen LogP contribution < -0.4 is 0 Å². The molecule has 3 heterocycles. The molecule has 266 valence electrons. The zero-order valence-corrected chi connectivity index (χ0v) is 31.0. The number of hydrogen-bond acceptors (Lipinski definition) is 0. The smallest absolute Gasteiger partial charge is 0.0562 e. The standard InChI is InChI=1S/C54H35N3/c1-3-14-36(15-4-1)38-26-28-40(29-27-38)55-50-24-11-8-21-44(50)47-34-48-45-22-9-12-25-51(45)57(54(48)35-53(47)55)42-30-31-46-43-20-7-10-23-49(43)56(52(46)33-42)41-19-13-18-39(32-41)37-16-5-2-6-17-37/h1-35H. The van der Waals surface area contributed by atoms with Gasteiger partial charge < -0.3 is 13.7 Å². The number of fused-ring (bicyclic) bond motifs is 9. The van der Waals surface area contributed by atoms with Gasteiger partial charge in [-0.3, -0.25) is 0 Å². The first-order chi connectivity index (χ1) is 28.3. The average Bonchev–Trinajstić information content (AvgIpc) is 3.91. The fourth-order valence-corrected chi connectivity index (χ4v) is 9.25. The van der Waals surface area contributed by atoms with E-state index in [0.717, 1.165) is 17.1 Å². The van der Waals surface area contributed by atoms with Gasteiger partial charge in [0.25, 0.3) is 0 Å². The molecule has 0 spiro atoms. The van der Waals surface area contributed by atoms with Gasteiger partial charge in [-0.2, -0.15) is 0 Å². The van der Waals surface area contributed by atoms with Crippen LogP contribution in [0.1, 0.15) is 0 Å². The molecule has 9 aromatic carbocycles. The first kappa shape index (κ1) is 31.7. The normalized spacial score (nSPS) is 11.9. The summed E-state index contributed by atoms with van der Waals surface area (Å²) in [4.78, 5) is 0. The Kier molecular flexibility index (Phi) is 6.93. The van der Waals surface area contributed by atoms with Crippen LogP contribution in [-0.2, 0) is 0 Å². The van der Waals surface area contributed by atoms with Crippen molar-refractivity contribution in [3.8, 4) is 39.3 Å². The van der Waals surface area contributed by atoms with Crippen molar-refractivity contribution in [2.75, 3.05) is 0 Å². The maximum absolute atomic E-state index is 2.46. The zero-order valence-electron chi connectivity index (χ0n) is 31.0. The van der Waals surface area contributed by atoms with Crippen molar-refractivity contribution in [2.45, 2.75) is 0 Å². The van der Waals surface area contributed by atoms with E-state index in [2.05, 4.69) is 226 Å².